The standard InChI is InChI=1S/C39H82NO.CH4O4S/c1-6-10-12-14-16-18-20-22-24-26-28-30-32-34-38(8-3)40(5,36-37-41)39(9-4)35-33-31-29-27-25-23-21-19-17-15-13-11-7-2;1-5-6(2,3)4/h38-39,41H,6-37H2,1-5H3;1H3,(H,2,3,4)/q+1;/p-1. The smallest absolute Gasteiger partial charge is 0.217 e. The minimum absolute atomic E-state index is 0.334. The fraction of sp³-hybridized carbons (Fsp3) is 1.00. The van der Waals surface area contributed by atoms with Crippen LogP contribution in [-0.4, -0.2) is 62.0 Å². The average Bonchev–Trinajstić information content (AvgIpc) is 3.05. The van der Waals surface area contributed by atoms with Crippen LogP contribution in [0.2, 0.25) is 0 Å². The van der Waals surface area contributed by atoms with Gasteiger partial charge in [0, 0.05) is 0 Å². The summed E-state index contributed by atoms with van der Waals surface area (Å²) in [5.41, 5.74) is 0. The van der Waals surface area contributed by atoms with E-state index in [1.165, 1.54) is 193 Å². The Morgan fingerprint density at radius 2 is 0.766 bits per heavy atom. The van der Waals surface area contributed by atoms with Gasteiger partial charge in [-0.25, -0.2) is 8.42 Å². The summed E-state index contributed by atoms with van der Waals surface area (Å²) < 4.78 is 32.1. The molecule has 0 saturated heterocycles. The molecule has 0 aliphatic carbocycles. The molecule has 0 aliphatic rings. The largest absolute Gasteiger partial charge is 0.726 e. The van der Waals surface area contributed by atoms with Crippen molar-refractivity contribution in [2.24, 2.45) is 0 Å². The van der Waals surface area contributed by atoms with Crippen molar-refractivity contribution >= 4 is 10.4 Å². The number of rotatable bonds is 35. The zero-order valence-electron chi connectivity index (χ0n) is 32.7. The van der Waals surface area contributed by atoms with Crippen molar-refractivity contribution < 1.29 is 26.7 Å². The Bertz CT molecular complexity index is 679. The van der Waals surface area contributed by atoms with Crippen molar-refractivity contribution in [3.63, 3.8) is 0 Å². The maximum Gasteiger partial charge on any atom is 0.217 e. The van der Waals surface area contributed by atoms with Crippen LogP contribution >= 0.6 is 0 Å². The fourth-order valence-corrected chi connectivity index (χ4v) is 7.51. The number of hydrogen-bond acceptors (Lipinski definition) is 5. The lowest BCUT2D eigenvalue weighted by Gasteiger charge is -2.47. The first-order chi connectivity index (χ1) is 22.7. The summed E-state index contributed by atoms with van der Waals surface area (Å²) in [5, 5.41) is 10.0. The summed E-state index contributed by atoms with van der Waals surface area (Å²) in [6.45, 7) is 10.7. The average molecular weight is 692 g/mol. The monoisotopic (exact) mass is 692 g/mol. The Morgan fingerprint density at radius 3 is 0.957 bits per heavy atom. The van der Waals surface area contributed by atoms with E-state index in [0.717, 1.165) is 18.1 Å². The van der Waals surface area contributed by atoms with Gasteiger partial charge in [-0.2, -0.15) is 0 Å². The predicted molar refractivity (Wildman–Crippen MR) is 204 cm³/mol. The van der Waals surface area contributed by atoms with E-state index in [2.05, 4.69) is 38.9 Å². The predicted octanol–water partition coefficient (Wildman–Crippen LogP) is 12.0. The number of likely N-dealkylation sites (N-methyl/N-ethyl adjacent to an activating group) is 1. The molecule has 0 aromatic carbocycles. The second-order valence-electron chi connectivity index (χ2n) is 14.6. The van der Waals surface area contributed by atoms with Crippen LogP contribution in [0, 0.1) is 0 Å². The van der Waals surface area contributed by atoms with Crippen molar-refractivity contribution in [1.29, 1.82) is 0 Å². The molecule has 0 radical (unpaired) electrons. The number of quaternary nitrogens is 1. The Morgan fingerprint density at radius 1 is 0.532 bits per heavy atom. The van der Waals surface area contributed by atoms with Gasteiger partial charge in [-0.05, 0) is 38.5 Å². The molecule has 2 atom stereocenters. The van der Waals surface area contributed by atoms with Gasteiger partial charge in [-0.15, -0.1) is 0 Å². The Balaban J connectivity index is 0. The zero-order chi connectivity index (χ0) is 35.5. The van der Waals surface area contributed by atoms with Gasteiger partial charge in [0.2, 0.25) is 10.4 Å². The lowest BCUT2D eigenvalue weighted by atomic mass is 9.94. The summed E-state index contributed by atoms with van der Waals surface area (Å²) >= 11 is 0. The van der Waals surface area contributed by atoms with E-state index >= 15 is 0 Å². The minimum atomic E-state index is -4.41. The van der Waals surface area contributed by atoms with Crippen molar-refractivity contribution in [2.45, 2.75) is 232 Å². The molecule has 0 fully saturated rings. The Labute approximate surface area is 296 Å². The summed E-state index contributed by atoms with van der Waals surface area (Å²) in [4.78, 5) is 0. The van der Waals surface area contributed by atoms with E-state index < -0.39 is 10.4 Å². The molecule has 0 amide bonds. The van der Waals surface area contributed by atoms with E-state index in [1.807, 2.05) is 0 Å². The molecule has 286 valence electrons. The van der Waals surface area contributed by atoms with E-state index in [0.29, 0.717) is 18.7 Å². The molecule has 6 nitrogen and oxygen atoms in total. The maximum atomic E-state index is 10.0. The summed E-state index contributed by atoms with van der Waals surface area (Å²) in [5.74, 6) is 0. The van der Waals surface area contributed by atoms with Crippen LogP contribution in [-0.2, 0) is 14.6 Å². The van der Waals surface area contributed by atoms with E-state index in [9.17, 15) is 18.1 Å². The first-order valence-electron chi connectivity index (χ1n) is 20.6. The lowest BCUT2D eigenvalue weighted by Crippen LogP contribution is -2.59. The van der Waals surface area contributed by atoms with E-state index in [1.54, 1.807) is 0 Å². The van der Waals surface area contributed by atoms with Crippen molar-refractivity contribution in [3.8, 4) is 0 Å². The molecule has 0 saturated carbocycles. The van der Waals surface area contributed by atoms with Gasteiger partial charge >= 0.3 is 0 Å². The van der Waals surface area contributed by atoms with Gasteiger partial charge in [0.25, 0.3) is 0 Å². The highest BCUT2D eigenvalue weighted by Gasteiger charge is 2.37. The molecule has 0 rings (SSSR count). The molecule has 0 aromatic rings. The second-order valence-corrected chi connectivity index (χ2v) is 15.7. The third-order valence-electron chi connectivity index (χ3n) is 10.7. The number of aliphatic hydroxyl groups is 1. The van der Waals surface area contributed by atoms with Crippen LogP contribution in [0.15, 0.2) is 0 Å². The molecule has 47 heavy (non-hydrogen) atoms. The molecule has 0 bridgehead atoms. The van der Waals surface area contributed by atoms with Crippen molar-refractivity contribution in [3.05, 3.63) is 0 Å². The number of hydrogen-bond donors (Lipinski definition) is 1. The van der Waals surface area contributed by atoms with Gasteiger partial charge in [0.05, 0.1) is 32.8 Å². The summed E-state index contributed by atoms with van der Waals surface area (Å²) in [7, 11) is -1.12. The molecule has 2 unspecified atom stereocenters. The van der Waals surface area contributed by atoms with E-state index in [4.69, 9.17) is 0 Å². The Kier molecular flexibility index (Phi) is 37.1. The van der Waals surface area contributed by atoms with Gasteiger partial charge in [-0.3, -0.25) is 4.18 Å². The quantitative estimate of drug-likeness (QED) is 0.0309. The van der Waals surface area contributed by atoms with Crippen molar-refractivity contribution in [1.82, 2.24) is 0 Å². The van der Waals surface area contributed by atoms with Crippen LogP contribution in [0.25, 0.3) is 0 Å². The highest BCUT2D eigenvalue weighted by Crippen LogP contribution is 2.29. The second kappa shape index (κ2) is 35.6. The molecule has 7 heteroatoms. The molecule has 0 aliphatic heterocycles. The fourth-order valence-electron chi connectivity index (χ4n) is 7.51. The van der Waals surface area contributed by atoms with Crippen LogP contribution < -0.4 is 0 Å². The molecule has 0 spiro atoms. The summed E-state index contributed by atoms with van der Waals surface area (Å²) in [6.07, 6.45) is 42.4. The van der Waals surface area contributed by atoms with Gasteiger partial charge in [0.1, 0.15) is 6.54 Å². The zero-order valence-corrected chi connectivity index (χ0v) is 33.5. The van der Waals surface area contributed by atoms with E-state index in [-0.39, 0.29) is 0 Å². The number of unbranched alkanes of at least 4 members (excludes halogenated alkanes) is 24. The molecule has 1 N–H and O–H groups in total. The number of nitrogens with zero attached hydrogens (tertiary/aromatic N) is 1. The minimum Gasteiger partial charge on any atom is -0.726 e. The highest BCUT2D eigenvalue weighted by atomic mass is 32.3. The topological polar surface area (TPSA) is 86.7 Å². The van der Waals surface area contributed by atoms with Crippen molar-refractivity contribution in [2.75, 3.05) is 27.3 Å². The first kappa shape index (κ1) is 48.9. The number of aliphatic hydroxyl groups excluding tert-OH is 1. The molecular weight excluding hydrogens is 607 g/mol. The third-order valence-corrected chi connectivity index (χ3v) is 11.1. The van der Waals surface area contributed by atoms with Crippen LogP contribution in [0.1, 0.15) is 220 Å². The highest BCUT2D eigenvalue weighted by molar-refractivity contribution is 7.80. The lowest BCUT2D eigenvalue weighted by molar-refractivity contribution is -0.957. The molecular formula is C40H85NO5S. The van der Waals surface area contributed by atoms with Gasteiger partial charge in [-0.1, -0.05) is 182 Å². The normalized spacial score (nSPS) is 14.4. The van der Waals surface area contributed by atoms with Gasteiger partial charge in [0.15, 0.2) is 0 Å². The van der Waals surface area contributed by atoms with Crippen LogP contribution in [0.4, 0.5) is 0 Å². The maximum absolute atomic E-state index is 10.0. The Hall–Kier alpha value is -0.210. The molecule has 0 heterocycles. The molecule has 0 aromatic heterocycles. The van der Waals surface area contributed by atoms with Crippen LogP contribution in [0.3, 0.4) is 0 Å². The SMILES string of the molecule is CCCCCCCCCCCCCCCC(CC)[N+](C)(CCO)C(CC)CCCCCCCCCCCCCCC.COS(=O)(=O)[O-]. The first-order valence-corrected chi connectivity index (χ1v) is 22.0. The van der Waals surface area contributed by atoms with Crippen LogP contribution in [0.5, 0.6) is 0 Å². The third kappa shape index (κ3) is 31.5. The van der Waals surface area contributed by atoms with Gasteiger partial charge < -0.3 is 14.1 Å². The summed E-state index contributed by atoms with van der Waals surface area (Å²) in [6, 6.07) is 1.42.